The Bertz CT molecular complexity index is 427. The zero-order valence-electron chi connectivity index (χ0n) is 9.43. The van der Waals surface area contributed by atoms with Crippen LogP contribution in [0.4, 0.5) is 13.2 Å². The lowest BCUT2D eigenvalue weighted by Crippen LogP contribution is -2.17. The molecule has 0 spiro atoms. The number of halogens is 3. The second kappa shape index (κ2) is 4.65. The summed E-state index contributed by atoms with van der Waals surface area (Å²) in [6.07, 6.45) is -4.66. The maximum absolute atomic E-state index is 12.5. The molecule has 3 N–H and O–H groups in total. The maximum Gasteiger partial charge on any atom is 0.416 e. The van der Waals surface area contributed by atoms with Gasteiger partial charge in [0.15, 0.2) is 0 Å². The van der Waals surface area contributed by atoms with Gasteiger partial charge in [-0.3, -0.25) is 5.41 Å². The molecule has 3 nitrogen and oxygen atoms in total. The maximum atomic E-state index is 12.5. The van der Waals surface area contributed by atoms with Gasteiger partial charge in [-0.25, -0.2) is 0 Å². The second-order valence-electron chi connectivity index (χ2n) is 3.79. The highest BCUT2D eigenvalue weighted by atomic mass is 19.4. The summed E-state index contributed by atoms with van der Waals surface area (Å²) in [5.74, 6) is -0.271. The summed E-state index contributed by atoms with van der Waals surface area (Å²) in [4.78, 5) is 0. The van der Waals surface area contributed by atoms with Crippen LogP contribution < -0.4 is 10.5 Å². The van der Waals surface area contributed by atoms with E-state index >= 15 is 0 Å². The first-order valence-electron chi connectivity index (χ1n) is 4.94. The van der Waals surface area contributed by atoms with Crippen molar-refractivity contribution < 1.29 is 17.9 Å². The molecule has 0 saturated carbocycles. The summed E-state index contributed by atoms with van der Waals surface area (Å²) in [7, 11) is 0. The zero-order valence-corrected chi connectivity index (χ0v) is 9.43. The van der Waals surface area contributed by atoms with E-state index in [2.05, 4.69) is 0 Å². The Morgan fingerprint density at radius 1 is 1.35 bits per heavy atom. The molecule has 17 heavy (non-hydrogen) atoms. The van der Waals surface area contributed by atoms with E-state index < -0.39 is 17.6 Å². The molecular formula is C11H13F3N2O. The van der Waals surface area contributed by atoms with Crippen molar-refractivity contribution in [3.8, 4) is 5.75 Å². The number of benzene rings is 1. The minimum atomic E-state index is -4.46. The fourth-order valence-corrected chi connectivity index (χ4v) is 1.27. The van der Waals surface area contributed by atoms with Gasteiger partial charge in [-0.15, -0.1) is 0 Å². The van der Waals surface area contributed by atoms with Crippen LogP contribution in [0.15, 0.2) is 18.2 Å². The Hall–Kier alpha value is -1.72. The number of nitrogens with one attached hydrogen (secondary N) is 1. The number of hydrogen-bond acceptors (Lipinski definition) is 2. The van der Waals surface area contributed by atoms with Gasteiger partial charge in [-0.05, 0) is 32.0 Å². The SMILES string of the molecule is CC(C)Oc1ccc(C(F)(F)F)cc1C(=N)N. The highest BCUT2D eigenvalue weighted by molar-refractivity contribution is 5.97. The summed E-state index contributed by atoms with van der Waals surface area (Å²) >= 11 is 0. The van der Waals surface area contributed by atoms with Gasteiger partial charge in [-0.2, -0.15) is 13.2 Å². The lowest BCUT2D eigenvalue weighted by molar-refractivity contribution is -0.137. The number of alkyl halides is 3. The van der Waals surface area contributed by atoms with Crippen LogP contribution in [0.2, 0.25) is 0 Å². The van der Waals surface area contributed by atoms with E-state index in [1.165, 1.54) is 6.07 Å². The fraction of sp³-hybridized carbons (Fsp3) is 0.364. The number of rotatable bonds is 3. The van der Waals surface area contributed by atoms with Crippen molar-refractivity contribution in [2.75, 3.05) is 0 Å². The van der Waals surface area contributed by atoms with Crippen LogP contribution in [-0.4, -0.2) is 11.9 Å². The summed E-state index contributed by atoms with van der Waals surface area (Å²) in [5.41, 5.74) is 4.34. The van der Waals surface area contributed by atoms with Crippen molar-refractivity contribution in [3.05, 3.63) is 29.3 Å². The molecule has 0 saturated heterocycles. The third-order valence-electron chi connectivity index (χ3n) is 1.96. The molecule has 1 aromatic rings. The number of ether oxygens (including phenoxy) is 1. The van der Waals surface area contributed by atoms with Crippen molar-refractivity contribution in [1.29, 1.82) is 5.41 Å². The molecule has 0 aromatic heterocycles. The minimum Gasteiger partial charge on any atom is -0.490 e. The molecule has 0 fully saturated rings. The third-order valence-corrected chi connectivity index (χ3v) is 1.96. The van der Waals surface area contributed by atoms with Crippen LogP contribution in [-0.2, 0) is 6.18 Å². The van der Waals surface area contributed by atoms with Gasteiger partial charge in [0.1, 0.15) is 11.6 Å². The Balaban J connectivity index is 3.22. The van der Waals surface area contributed by atoms with Crippen LogP contribution in [0, 0.1) is 5.41 Å². The van der Waals surface area contributed by atoms with Gasteiger partial charge in [0, 0.05) is 0 Å². The lowest BCUT2D eigenvalue weighted by atomic mass is 10.1. The van der Waals surface area contributed by atoms with Gasteiger partial charge < -0.3 is 10.5 Å². The van der Waals surface area contributed by atoms with Gasteiger partial charge >= 0.3 is 6.18 Å². The van der Waals surface area contributed by atoms with Crippen molar-refractivity contribution >= 4 is 5.84 Å². The van der Waals surface area contributed by atoms with E-state index in [1.54, 1.807) is 13.8 Å². The monoisotopic (exact) mass is 246 g/mol. The largest absolute Gasteiger partial charge is 0.490 e. The van der Waals surface area contributed by atoms with E-state index in [0.29, 0.717) is 0 Å². The number of nitrogens with two attached hydrogens (primary N) is 1. The van der Waals surface area contributed by atoms with E-state index in [0.717, 1.165) is 12.1 Å². The molecule has 0 bridgehead atoms. The fourth-order valence-electron chi connectivity index (χ4n) is 1.27. The minimum absolute atomic E-state index is 0.0477. The van der Waals surface area contributed by atoms with Gasteiger partial charge in [0.2, 0.25) is 0 Å². The molecule has 0 amide bonds. The van der Waals surface area contributed by atoms with Gasteiger partial charge in [0.25, 0.3) is 0 Å². The molecule has 0 aliphatic heterocycles. The molecule has 1 rings (SSSR count). The first kappa shape index (κ1) is 13.3. The molecule has 0 unspecified atom stereocenters. The quantitative estimate of drug-likeness (QED) is 0.636. The number of amidine groups is 1. The zero-order chi connectivity index (χ0) is 13.2. The first-order valence-corrected chi connectivity index (χ1v) is 4.94. The predicted octanol–water partition coefficient (Wildman–Crippen LogP) is 2.78. The highest BCUT2D eigenvalue weighted by Crippen LogP contribution is 2.32. The molecule has 0 heterocycles. The van der Waals surface area contributed by atoms with Crippen molar-refractivity contribution in [2.45, 2.75) is 26.1 Å². The molecule has 0 aliphatic rings. The molecule has 6 heteroatoms. The number of hydrogen-bond donors (Lipinski definition) is 2. The smallest absolute Gasteiger partial charge is 0.416 e. The average molecular weight is 246 g/mol. The second-order valence-corrected chi connectivity index (χ2v) is 3.79. The molecule has 0 radical (unpaired) electrons. The Kier molecular flexibility index (Phi) is 3.65. The van der Waals surface area contributed by atoms with Crippen LogP contribution in [0.3, 0.4) is 0 Å². The normalized spacial score (nSPS) is 11.6. The standard InChI is InChI=1S/C11H13F3N2O/c1-6(2)17-9-4-3-7(11(12,13)14)5-8(9)10(15)16/h3-6H,1-2H3,(H3,15,16). The Labute approximate surface area is 96.9 Å². The van der Waals surface area contributed by atoms with E-state index in [4.69, 9.17) is 15.9 Å². The summed E-state index contributed by atoms with van der Waals surface area (Å²) in [6, 6.07) is 2.91. The van der Waals surface area contributed by atoms with Crippen LogP contribution in [0.1, 0.15) is 25.0 Å². The first-order chi connectivity index (χ1) is 7.71. The van der Waals surface area contributed by atoms with Crippen molar-refractivity contribution in [3.63, 3.8) is 0 Å². The topological polar surface area (TPSA) is 59.1 Å². The molecule has 0 aliphatic carbocycles. The number of nitrogen functional groups attached to an aromatic ring is 1. The highest BCUT2D eigenvalue weighted by Gasteiger charge is 2.31. The molecule has 0 atom stereocenters. The summed E-state index contributed by atoms with van der Waals surface area (Å²) < 4.78 is 42.7. The van der Waals surface area contributed by atoms with E-state index in [9.17, 15) is 13.2 Å². The van der Waals surface area contributed by atoms with Gasteiger partial charge in [-0.1, -0.05) is 0 Å². The van der Waals surface area contributed by atoms with Crippen molar-refractivity contribution in [1.82, 2.24) is 0 Å². The lowest BCUT2D eigenvalue weighted by Gasteiger charge is -2.15. The molecular weight excluding hydrogens is 233 g/mol. The van der Waals surface area contributed by atoms with Gasteiger partial charge in [0.05, 0.1) is 17.2 Å². The summed E-state index contributed by atoms with van der Waals surface area (Å²) in [5, 5.41) is 7.25. The van der Waals surface area contributed by atoms with Crippen LogP contribution in [0.25, 0.3) is 0 Å². The Morgan fingerprint density at radius 2 is 1.94 bits per heavy atom. The van der Waals surface area contributed by atoms with Crippen LogP contribution in [0.5, 0.6) is 5.75 Å². The summed E-state index contributed by atoms with van der Waals surface area (Å²) in [6.45, 7) is 3.48. The predicted molar refractivity (Wildman–Crippen MR) is 58.2 cm³/mol. The van der Waals surface area contributed by atoms with Crippen molar-refractivity contribution in [2.24, 2.45) is 5.73 Å². The Morgan fingerprint density at radius 3 is 2.35 bits per heavy atom. The average Bonchev–Trinajstić information content (AvgIpc) is 2.15. The molecule has 94 valence electrons. The molecule has 1 aromatic carbocycles. The third kappa shape index (κ3) is 3.37. The van der Waals surface area contributed by atoms with E-state index in [1.807, 2.05) is 0 Å². The van der Waals surface area contributed by atoms with E-state index in [-0.39, 0.29) is 17.4 Å². The van der Waals surface area contributed by atoms with Crippen LogP contribution >= 0.6 is 0 Å².